The standard InChI is InChI=1S/C22H21N5O4.C15H13BrN4O2.C7H9NO2/c1-4-31-20(28)17-16-13-23-27(3)19(16)25-18(24-17)15-7-5-6-14(12-15)8-9-22(30)10-11-26(2)21(22)29;1-3-22-15(21)12-11-8-17-20(2)14(11)19-13(18-12)9-5-4-6-10(16)7-9;1-3-7(10)4-5-8(2)6(7)9/h5-7,12-13,30H,4,10-11H2,1-3H3;4-8H,3H2,1-2H3;1,10H,4-5H2,2H3/t22-;;7-/m0.0/s1. The average molecular weight is 920 g/mol. The van der Waals surface area contributed by atoms with E-state index in [1.165, 1.54) is 16.0 Å². The summed E-state index contributed by atoms with van der Waals surface area (Å²) in [4.78, 5) is 68.4. The van der Waals surface area contributed by atoms with Crippen molar-refractivity contribution in [2.45, 2.75) is 37.9 Å². The van der Waals surface area contributed by atoms with E-state index in [1.807, 2.05) is 24.3 Å². The van der Waals surface area contributed by atoms with Crippen molar-refractivity contribution in [1.29, 1.82) is 0 Å². The summed E-state index contributed by atoms with van der Waals surface area (Å²) in [6, 6.07) is 14.7. The summed E-state index contributed by atoms with van der Waals surface area (Å²) in [5.74, 6) is 6.65. The second kappa shape index (κ2) is 18.9. The number of amides is 2. The van der Waals surface area contributed by atoms with E-state index in [2.05, 4.69) is 63.8 Å². The van der Waals surface area contributed by atoms with Gasteiger partial charge in [-0.05, 0) is 38.1 Å². The van der Waals surface area contributed by atoms with Gasteiger partial charge in [0.25, 0.3) is 11.8 Å². The van der Waals surface area contributed by atoms with Gasteiger partial charge in [-0.25, -0.2) is 29.5 Å². The van der Waals surface area contributed by atoms with Crippen LogP contribution in [0.4, 0.5) is 0 Å². The predicted octanol–water partition coefficient (Wildman–Crippen LogP) is 3.33. The Kier molecular flexibility index (Phi) is 13.6. The Bertz CT molecular complexity index is 2860. The summed E-state index contributed by atoms with van der Waals surface area (Å²) < 4.78 is 14.3. The van der Waals surface area contributed by atoms with Crippen LogP contribution in [0.1, 0.15) is 53.2 Å². The molecule has 0 unspecified atom stereocenters. The van der Waals surface area contributed by atoms with Gasteiger partial charge in [0.15, 0.2) is 34.3 Å². The second-order valence-corrected chi connectivity index (χ2v) is 15.3. The number of hydrogen-bond acceptors (Lipinski definition) is 14. The van der Waals surface area contributed by atoms with Crippen molar-refractivity contribution in [3.8, 4) is 47.0 Å². The fourth-order valence-electron chi connectivity index (χ4n) is 6.51. The Balaban J connectivity index is 0.000000178. The van der Waals surface area contributed by atoms with Crippen LogP contribution in [-0.2, 0) is 33.2 Å². The van der Waals surface area contributed by atoms with Gasteiger partial charge in [0.1, 0.15) is 0 Å². The van der Waals surface area contributed by atoms with Gasteiger partial charge in [-0.2, -0.15) is 10.2 Å². The second-order valence-electron chi connectivity index (χ2n) is 14.4. The zero-order chi connectivity index (χ0) is 45.6. The number of aliphatic hydroxyl groups is 2. The van der Waals surface area contributed by atoms with E-state index in [0.717, 1.165) is 10.0 Å². The summed E-state index contributed by atoms with van der Waals surface area (Å²) in [6.07, 6.45) is 8.69. The lowest BCUT2D eigenvalue weighted by Crippen LogP contribution is -2.37. The summed E-state index contributed by atoms with van der Waals surface area (Å²) >= 11 is 3.42. The molecule has 2 saturated heterocycles. The molecule has 2 aliphatic heterocycles. The Morgan fingerprint density at radius 3 is 1.65 bits per heavy atom. The number of benzene rings is 2. The molecule has 18 nitrogen and oxygen atoms in total. The van der Waals surface area contributed by atoms with Crippen LogP contribution in [0, 0.1) is 24.2 Å². The first-order valence-electron chi connectivity index (χ1n) is 19.6. The number of likely N-dealkylation sites (tertiary alicyclic amines) is 2. The molecule has 0 bridgehead atoms. The number of carbonyl (C=O) groups is 4. The van der Waals surface area contributed by atoms with Crippen LogP contribution >= 0.6 is 15.9 Å². The molecule has 6 heterocycles. The number of likely N-dealkylation sites (N-methyl/N-ethyl adjacent to an activating group) is 2. The fourth-order valence-corrected chi connectivity index (χ4v) is 6.91. The molecule has 8 rings (SSSR count). The van der Waals surface area contributed by atoms with Crippen LogP contribution in [0.25, 0.3) is 44.8 Å². The van der Waals surface area contributed by atoms with Crippen molar-refractivity contribution < 1.29 is 38.9 Å². The zero-order valence-electron chi connectivity index (χ0n) is 35.3. The number of carbonyl (C=O) groups excluding carboxylic acids is 4. The molecule has 2 fully saturated rings. The molecule has 2 aromatic carbocycles. The lowest BCUT2D eigenvalue weighted by Gasteiger charge is -2.13. The third-order valence-electron chi connectivity index (χ3n) is 10.00. The highest BCUT2D eigenvalue weighted by Gasteiger charge is 2.43. The van der Waals surface area contributed by atoms with Gasteiger partial charge in [0, 0.05) is 75.3 Å². The van der Waals surface area contributed by atoms with E-state index in [-0.39, 0.29) is 36.9 Å². The molecule has 2 amide bonds. The van der Waals surface area contributed by atoms with E-state index < -0.39 is 29.0 Å². The van der Waals surface area contributed by atoms with Crippen LogP contribution in [0.3, 0.4) is 0 Å². The fraction of sp³-hybridized carbons (Fsp3) is 0.318. The summed E-state index contributed by atoms with van der Waals surface area (Å²) in [6.45, 7) is 5.00. The molecule has 324 valence electrons. The number of halogens is 1. The number of hydrogen-bond donors (Lipinski definition) is 2. The Labute approximate surface area is 370 Å². The minimum atomic E-state index is -1.67. The Hall–Kier alpha value is -7.06. The largest absolute Gasteiger partial charge is 0.461 e. The van der Waals surface area contributed by atoms with Gasteiger partial charge in [-0.3, -0.25) is 19.0 Å². The minimum Gasteiger partial charge on any atom is -0.461 e. The van der Waals surface area contributed by atoms with Crippen molar-refractivity contribution >= 4 is 61.7 Å². The molecule has 6 aromatic rings. The van der Waals surface area contributed by atoms with E-state index in [0.29, 0.717) is 64.4 Å². The van der Waals surface area contributed by atoms with Gasteiger partial charge in [-0.1, -0.05) is 58.0 Å². The lowest BCUT2D eigenvalue weighted by atomic mass is 10.0. The highest BCUT2D eigenvalue weighted by Crippen LogP contribution is 2.26. The predicted molar refractivity (Wildman–Crippen MR) is 233 cm³/mol. The normalized spacial score (nSPS) is 17.9. The molecule has 0 aliphatic carbocycles. The smallest absolute Gasteiger partial charge is 0.357 e. The van der Waals surface area contributed by atoms with Crippen LogP contribution < -0.4 is 0 Å². The highest BCUT2D eigenvalue weighted by molar-refractivity contribution is 9.10. The number of rotatable bonds is 6. The van der Waals surface area contributed by atoms with Gasteiger partial charge >= 0.3 is 11.9 Å². The van der Waals surface area contributed by atoms with Crippen molar-refractivity contribution in [2.24, 2.45) is 14.1 Å². The van der Waals surface area contributed by atoms with E-state index in [4.69, 9.17) is 15.9 Å². The molecular formula is C44H43BrN10O8. The van der Waals surface area contributed by atoms with Gasteiger partial charge < -0.3 is 29.5 Å². The third-order valence-corrected chi connectivity index (χ3v) is 10.5. The molecule has 4 aromatic heterocycles. The van der Waals surface area contributed by atoms with Crippen molar-refractivity contribution in [3.05, 3.63) is 82.3 Å². The summed E-state index contributed by atoms with van der Waals surface area (Å²) in [7, 11) is 6.76. The molecule has 19 heteroatoms. The molecule has 2 aliphatic rings. The van der Waals surface area contributed by atoms with Crippen molar-refractivity contribution in [1.82, 2.24) is 49.3 Å². The Morgan fingerprint density at radius 2 is 1.22 bits per heavy atom. The topological polar surface area (TPSA) is 221 Å². The number of esters is 2. The zero-order valence-corrected chi connectivity index (χ0v) is 36.9. The molecule has 63 heavy (non-hydrogen) atoms. The molecule has 0 saturated carbocycles. The van der Waals surface area contributed by atoms with E-state index in [9.17, 15) is 29.4 Å². The van der Waals surface area contributed by atoms with Gasteiger partial charge in [0.05, 0.1) is 36.4 Å². The number of aryl methyl sites for hydroxylation is 2. The monoisotopic (exact) mass is 918 g/mol. The van der Waals surface area contributed by atoms with Crippen LogP contribution in [0.5, 0.6) is 0 Å². The maximum absolute atomic E-state index is 12.4. The average Bonchev–Trinajstić information content (AvgIpc) is 4.00. The van der Waals surface area contributed by atoms with Gasteiger partial charge in [0.2, 0.25) is 11.2 Å². The summed E-state index contributed by atoms with van der Waals surface area (Å²) in [5, 5.41) is 29.2. The number of aromatic nitrogens is 8. The highest BCUT2D eigenvalue weighted by atomic mass is 79.9. The third kappa shape index (κ3) is 9.71. The lowest BCUT2D eigenvalue weighted by molar-refractivity contribution is -0.138. The number of terminal acetylenes is 1. The van der Waals surface area contributed by atoms with Crippen LogP contribution in [0.15, 0.2) is 65.4 Å². The summed E-state index contributed by atoms with van der Waals surface area (Å²) in [5.41, 5.74) is 0.285. The minimum absolute atomic E-state index is 0.139. The maximum atomic E-state index is 12.4. The molecule has 2 N–H and O–H groups in total. The molecule has 2 atom stereocenters. The molecule has 0 radical (unpaired) electrons. The number of ether oxygens (including phenoxy) is 2. The molecular weight excluding hydrogens is 876 g/mol. The Morgan fingerprint density at radius 1 is 0.746 bits per heavy atom. The number of fused-ring (bicyclic) bond motifs is 2. The maximum Gasteiger partial charge on any atom is 0.357 e. The first-order valence-corrected chi connectivity index (χ1v) is 20.4. The van der Waals surface area contributed by atoms with Crippen molar-refractivity contribution in [2.75, 3.05) is 40.4 Å². The quantitative estimate of drug-likeness (QED) is 0.181. The van der Waals surface area contributed by atoms with Crippen molar-refractivity contribution in [3.63, 3.8) is 0 Å². The van der Waals surface area contributed by atoms with E-state index >= 15 is 0 Å². The van der Waals surface area contributed by atoms with Gasteiger partial charge in [-0.15, -0.1) is 6.42 Å². The molecule has 0 spiro atoms. The number of nitrogens with zero attached hydrogens (tertiary/aromatic N) is 10. The van der Waals surface area contributed by atoms with E-state index in [1.54, 1.807) is 81.9 Å². The van der Waals surface area contributed by atoms with Crippen LogP contribution in [0.2, 0.25) is 0 Å². The van der Waals surface area contributed by atoms with Crippen LogP contribution in [-0.4, -0.2) is 135 Å². The first kappa shape index (κ1) is 45.5. The first-order chi connectivity index (χ1) is 30.0. The SMILES string of the molecule is C#C[C@]1(O)CCN(C)C1=O.CCOC(=O)c1nc(-c2cccc(Br)c2)nc2c1cnn2C.CCOC(=O)c1nc(-c2cccc(C#C[C@]3(O)CCN(C)C3=O)c2)nc2c1cnn2C.